The number of guanidine groups is 1. The number of likely N-dealkylation sites (tertiary alicyclic amines) is 1. The number of unbranched alkanes of at least 4 members (excludes halogenated alkanes) is 6. The summed E-state index contributed by atoms with van der Waals surface area (Å²) < 4.78 is 0. The lowest BCUT2D eigenvalue weighted by molar-refractivity contribution is -0.119. The third-order valence-corrected chi connectivity index (χ3v) is 4.58. The molecule has 6 heteroatoms. The molecule has 0 aromatic heterocycles. The third kappa shape index (κ3) is 10.4. The van der Waals surface area contributed by atoms with Crippen LogP contribution < -0.4 is 11.1 Å². The van der Waals surface area contributed by atoms with Crippen LogP contribution in [0.4, 0.5) is 0 Å². The van der Waals surface area contributed by atoms with Crippen LogP contribution in [0, 0.1) is 5.92 Å². The molecule has 0 spiro atoms. The molecule has 24 heavy (non-hydrogen) atoms. The first-order valence-corrected chi connectivity index (χ1v) is 9.41. The highest BCUT2D eigenvalue weighted by atomic mass is 127. The van der Waals surface area contributed by atoms with Crippen molar-refractivity contribution in [3.8, 4) is 0 Å². The lowest BCUT2D eigenvalue weighted by Crippen LogP contribution is -2.47. The fourth-order valence-corrected chi connectivity index (χ4v) is 3.32. The summed E-state index contributed by atoms with van der Waals surface area (Å²) in [4.78, 5) is 17.8. The van der Waals surface area contributed by atoms with E-state index in [1.54, 1.807) is 0 Å². The topological polar surface area (TPSA) is 70.7 Å². The van der Waals surface area contributed by atoms with Gasteiger partial charge in [0, 0.05) is 33.1 Å². The van der Waals surface area contributed by atoms with Gasteiger partial charge in [0.25, 0.3) is 0 Å². The summed E-state index contributed by atoms with van der Waals surface area (Å²) >= 11 is 0. The van der Waals surface area contributed by atoms with Crippen LogP contribution in [0.5, 0.6) is 0 Å². The van der Waals surface area contributed by atoms with Gasteiger partial charge in [0.05, 0.1) is 0 Å². The molecular weight excluding hydrogens is 415 g/mol. The highest BCUT2D eigenvalue weighted by molar-refractivity contribution is 14.0. The van der Waals surface area contributed by atoms with E-state index in [0.29, 0.717) is 12.3 Å². The van der Waals surface area contributed by atoms with E-state index < -0.39 is 0 Å². The molecule has 3 N–H and O–H groups in total. The van der Waals surface area contributed by atoms with Crippen LogP contribution in [0.25, 0.3) is 0 Å². The number of aliphatic imine (C=N–C) groups is 1. The minimum absolute atomic E-state index is 0. The van der Waals surface area contributed by atoms with Crippen molar-refractivity contribution in [3.05, 3.63) is 0 Å². The summed E-state index contributed by atoms with van der Waals surface area (Å²) in [5.41, 5.74) is 5.33. The molecule has 0 bridgehead atoms. The molecule has 1 rings (SSSR count). The quantitative estimate of drug-likeness (QED) is 0.231. The second kappa shape index (κ2) is 14.8. The molecule has 0 saturated carbocycles. The van der Waals surface area contributed by atoms with E-state index in [-0.39, 0.29) is 29.9 Å². The summed E-state index contributed by atoms with van der Waals surface area (Å²) in [5.74, 6) is 1.16. The summed E-state index contributed by atoms with van der Waals surface area (Å²) in [6.45, 7) is 5.15. The smallest absolute Gasteiger partial charge is 0.217 e. The van der Waals surface area contributed by atoms with Gasteiger partial charge in [-0.3, -0.25) is 9.79 Å². The van der Waals surface area contributed by atoms with Crippen LogP contribution in [-0.2, 0) is 4.79 Å². The molecule has 142 valence electrons. The summed E-state index contributed by atoms with van der Waals surface area (Å²) in [7, 11) is 1.84. The molecular formula is C18H37IN4O. The number of hydrogen-bond acceptors (Lipinski definition) is 2. The molecule has 0 radical (unpaired) electrons. The van der Waals surface area contributed by atoms with Crippen molar-refractivity contribution in [1.82, 2.24) is 10.2 Å². The molecule has 1 atom stereocenters. The van der Waals surface area contributed by atoms with Crippen molar-refractivity contribution >= 4 is 35.8 Å². The first-order valence-electron chi connectivity index (χ1n) is 9.41. The van der Waals surface area contributed by atoms with Crippen LogP contribution in [0.1, 0.15) is 71.1 Å². The monoisotopic (exact) mass is 452 g/mol. The Morgan fingerprint density at radius 3 is 2.50 bits per heavy atom. The van der Waals surface area contributed by atoms with E-state index in [4.69, 9.17) is 5.73 Å². The Morgan fingerprint density at radius 1 is 1.21 bits per heavy atom. The van der Waals surface area contributed by atoms with E-state index in [0.717, 1.165) is 38.4 Å². The number of hydrogen-bond donors (Lipinski definition) is 2. The van der Waals surface area contributed by atoms with Crippen LogP contribution in [0.3, 0.4) is 0 Å². The molecule has 5 nitrogen and oxygen atoms in total. The highest BCUT2D eigenvalue weighted by Gasteiger charge is 2.23. The molecule has 1 amide bonds. The minimum atomic E-state index is -0.192. The molecule has 1 saturated heterocycles. The standard InChI is InChI=1S/C18H36N4O.HI/c1-3-4-5-6-7-8-9-12-21-18(20-2)22-13-10-11-16(15-22)14-17(19)23;/h16H,3-15H2,1-2H3,(H2,19,23)(H,20,21);1H. The fourth-order valence-electron chi connectivity index (χ4n) is 3.32. The van der Waals surface area contributed by atoms with E-state index in [2.05, 4.69) is 22.1 Å². The molecule has 0 aliphatic carbocycles. The number of carbonyl (C=O) groups excluding carboxylic acids is 1. The number of primary amides is 1. The Balaban J connectivity index is 0.00000529. The van der Waals surface area contributed by atoms with Crippen molar-refractivity contribution in [3.63, 3.8) is 0 Å². The van der Waals surface area contributed by atoms with Gasteiger partial charge in [-0.05, 0) is 25.2 Å². The third-order valence-electron chi connectivity index (χ3n) is 4.58. The Labute approximate surface area is 165 Å². The molecule has 1 unspecified atom stereocenters. The maximum absolute atomic E-state index is 11.1. The number of nitrogens with zero attached hydrogens (tertiary/aromatic N) is 2. The van der Waals surface area contributed by atoms with Crippen LogP contribution in [0.15, 0.2) is 4.99 Å². The predicted octanol–water partition coefficient (Wildman–Crippen LogP) is 3.52. The van der Waals surface area contributed by atoms with E-state index in [1.807, 2.05) is 7.05 Å². The Bertz CT molecular complexity index is 363. The number of halogens is 1. The average molecular weight is 452 g/mol. The molecule has 1 fully saturated rings. The average Bonchev–Trinajstić information content (AvgIpc) is 2.53. The zero-order valence-corrected chi connectivity index (χ0v) is 17.9. The second-order valence-electron chi connectivity index (χ2n) is 6.72. The first-order chi connectivity index (χ1) is 11.2. The predicted molar refractivity (Wildman–Crippen MR) is 113 cm³/mol. The van der Waals surface area contributed by atoms with Crippen molar-refractivity contribution in [2.75, 3.05) is 26.7 Å². The van der Waals surface area contributed by atoms with Gasteiger partial charge in [0.2, 0.25) is 5.91 Å². The van der Waals surface area contributed by atoms with Gasteiger partial charge in [-0.2, -0.15) is 0 Å². The van der Waals surface area contributed by atoms with Crippen LogP contribution in [0.2, 0.25) is 0 Å². The van der Waals surface area contributed by atoms with Crippen molar-refractivity contribution < 1.29 is 4.79 Å². The first kappa shape index (κ1) is 23.5. The number of amides is 1. The number of nitrogens with one attached hydrogen (secondary N) is 1. The SMILES string of the molecule is CCCCCCCCCNC(=NC)N1CCCC(CC(N)=O)C1.I. The van der Waals surface area contributed by atoms with Gasteiger partial charge in [-0.1, -0.05) is 45.4 Å². The number of carbonyl (C=O) groups is 1. The molecule has 1 aliphatic rings. The Morgan fingerprint density at radius 2 is 1.88 bits per heavy atom. The number of piperidine rings is 1. The van der Waals surface area contributed by atoms with Crippen molar-refractivity contribution in [2.45, 2.75) is 71.1 Å². The van der Waals surface area contributed by atoms with E-state index in [1.165, 1.54) is 44.9 Å². The van der Waals surface area contributed by atoms with E-state index >= 15 is 0 Å². The molecule has 1 aliphatic heterocycles. The van der Waals surface area contributed by atoms with Gasteiger partial charge in [-0.15, -0.1) is 24.0 Å². The lowest BCUT2D eigenvalue weighted by Gasteiger charge is -2.34. The summed E-state index contributed by atoms with van der Waals surface area (Å²) in [5, 5.41) is 3.47. The van der Waals surface area contributed by atoms with Gasteiger partial charge in [-0.25, -0.2) is 0 Å². The van der Waals surface area contributed by atoms with Gasteiger partial charge in [0.15, 0.2) is 5.96 Å². The van der Waals surface area contributed by atoms with E-state index in [9.17, 15) is 4.79 Å². The van der Waals surface area contributed by atoms with Crippen molar-refractivity contribution in [2.24, 2.45) is 16.6 Å². The fraction of sp³-hybridized carbons (Fsp3) is 0.889. The van der Waals surface area contributed by atoms with Gasteiger partial charge in [0.1, 0.15) is 0 Å². The number of nitrogens with two attached hydrogens (primary N) is 1. The molecule has 1 heterocycles. The normalized spacial score (nSPS) is 18.2. The van der Waals surface area contributed by atoms with Gasteiger partial charge >= 0.3 is 0 Å². The van der Waals surface area contributed by atoms with Crippen molar-refractivity contribution in [1.29, 1.82) is 0 Å². The largest absolute Gasteiger partial charge is 0.370 e. The Kier molecular flexibility index (Phi) is 14.5. The zero-order chi connectivity index (χ0) is 16.9. The Hall–Kier alpha value is -0.530. The highest BCUT2D eigenvalue weighted by Crippen LogP contribution is 2.19. The molecule has 0 aromatic carbocycles. The summed E-state index contributed by atoms with van der Waals surface area (Å²) in [6.07, 6.45) is 11.9. The summed E-state index contributed by atoms with van der Waals surface area (Å²) in [6, 6.07) is 0. The molecule has 0 aromatic rings. The maximum atomic E-state index is 11.1. The number of rotatable bonds is 10. The van der Waals surface area contributed by atoms with Crippen LogP contribution in [-0.4, -0.2) is 43.4 Å². The lowest BCUT2D eigenvalue weighted by atomic mass is 9.95. The second-order valence-corrected chi connectivity index (χ2v) is 6.72. The minimum Gasteiger partial charge on any atom is -0.370 e. The van der Waals surface area contributed by atoms with Crippen LogP contribution >= 0.6 is 24.0 Å². The maximum Gasteiger partial charge on any atom is 0.217 e. The van der Waals surface area contributed by atoms with Gasteiger partial charge < -0.3 is 16.0 Å². The zero-order valence-electron chi connectivity index (χ0n) is 15.6.